The molecule has 29 heavy (non-hydrogen) atoms. The average Bonchev–Trinajstić information content (AvgIpc) is 2.80. The molecule has 0 unspecified atom stereocenters. The van der Waals surface area contributed by atoms with Gasteiger partial charge in [0.2, 0.25) is 0 Å². The first-order valence-corrected chi connectivity index (χ1v) is 14.2. The molecular formula is C21H31BClNO4Si. The van der Waals surface area contributed by atoms with Crippen LogP contribution in [-0.4, -0.2) is 37.6 Å². The molecule has 0 saturated carbocycles. The molecular weight excluding hydrogens is 405 g/mol. The molecule has 0 aliphatic carbocycles. The van der Waals surface area contributed by atoms with Crippen LogP contribution in [0.2, 0.25) is 30.7 Å². The summed E-state index contributed by atoms with van der Waals surface area (Å²) >= 11 is 6.42. The number of aromatic nitrogens is 1. The maximum absolute atomic E-state index is 13.1. The third-order valence-corrected chi connectivity index (χ3v) is 7.88. The number of nitrogens with zero attached hydrogens (tertiary/aromatic N) is 1. The van der Waals surface area contributed by atoms with E-state index in [-0.39, 0.29) is 12.3 Å². The van der Waals surface area contributed by atoms with Crippen LogP contribution in [0.3, 0.4) is 0 Å². The first-order chi connectivity index (χ1) is 13.3. The summed E-state index contributed by atoms with van der Waals surface area (Å²) in [5.74, 6) is 0. The lowest BCUT2D eigenvalue weighted by Crippen LogP contribution is -2.41. The molecule has 2 aromatic rings. The van der Waals surface area contributed by atoms with E-state index in [1.54, 1.807) is 16.8 Å². The molecule has 0 amide bonds. The fourth-order valence-corrected chi connectivity index (χ4v) is 4.20. The second kappa shape index (κ2) is 7.85. The Kier molecular flexibility index (Phi) is 6.11. The minimum absolute atomic E-state index is 0.168. The van der Waals surface area contributed by atoms with Gasteiger partial charge >= 0.3 is 7.12 Å². The number of pyridine rings is 1. The van der Waals surface area contributed by atoms with Crippen LogP contribution in [0.25, 0.3) is 10.8 Å². The molecule has 3 rings (SSSR count). The highest BCUT2D eigenvalue weighted by molar-refractivity contribution is 6.76. The monoisotopic (exact) mass is 435 g/mol. The summed E-state index contributed by atoms with van der Waals surface area (Å²) < 4.78 is 19.7. The fraction of sp³-hybridized carbons (Fsp3) is 0.571. The quantitative estimate of drug-likeness (QED) is 0.502. The highest BCUT2D eigenvalue weighted by Crippen LogP contribution is 2.37. The van der Waals surface area contributed by atoms with Gasteiger partial charge in [0.15, 0.2) is 0 Å². The van der Waals surface area contributed by atoms with E-state index in [0.29, 0.717) is 17.0 Å². The van der Waals surface area contributed by atoms with Crippen LogP contribution in [0.1, 0.15) is 27.7 Å². The van der Waals surface area contributed by atoms with Gasteiger partial charge in [0.05, 0.1) is 21.6 Å². The Balaban J connectivity index is 1.91. The van der Waals surface area contributed by atoms with Crippen LogP contribution < -0.4 is 11.0 Å². The SMILES string of the molecule is CC1(C)OB(c2ccc(Cl)c3c(=O)n(COCC[Si](C)(C)C)ccc23)OC1(C)C. The van der Waals surface area contributed by atoms with Gasteiger partial charge in [0, 0.05) is 20.9 Å². The smallest absolute Gasteiger partial charge is 0.399 e. The predicted octanol–water partition coefficient (Wildman–Crippen LogP) is 4.27. The van der Waals surface area contributed by atoms with E-state index in [4.69, 9.17) is 25.6 Å². The lowest BCUT2D eigenvalue weighted by atomic mass is 9.76. The van der Waals surface area contributed by atoms with Crippen LogP contribution >= 0.6 is 11.6 Å². The Hall–Kier alpha value is -1.12. The molecule has 8 heteroatoms. The van der Waals surface area contributed by atoms with Gasteiger partial charge in [-0.25, -0.2) is 0 Å². The van der Waals surface area contributed by atoms with Crippen molar-refractivity contribution in [2.24, 2.45) is 0 Å². The summed E-state index contributed by atoms with van der Waals surface area (Å²) in [7, 11) is -1.72. The third-order valence-electron chi connectivity index (χ3n) is 5.86. The van der Waals surface area contributed by atoms with Crippen molar-refractivity contribution in [1.82, 2.24) is 4.57 Å². The number of halogens is 1. The van der Waals surface area contributed by atoms with Crippen molar-refractivity contribution in [3.8, 4) is 0 Å². The van der Waals surface area contributed by atoms with E-state index < -0.39 is 26.4 Å². The van der Waals surface area contributed by atoms with Crippen molar-refractivity contribution in [2.75, 3.05) is 6.61 Å². The van der Waals surface area contributed by atoms with Crippen LogP contribution in [0, 0.1) is 0 Å². The Morgan fingerprint density at radius 2 is 1.72 bits per heavy atom. The molecule has 1 fully saturated rings. The number of ether oxygens (including phenoxy) is 1. The Bertz CT molecular complexity index is 952. The fourth-order valence-electron chi connectivity index (χ4n) is 3.20. The van der Waals surface area contributed by atoms with Crippen molar-refractivity contribution >= 4 is 43.0 Å². The maximum Gasteiger partial charge on any atom is 0.495 e. The third kappa shape index (κ3) is 4.64. The van der Waals surface area contributed by atoms with Gasteiger partial charge in [-0.15, -0.1) is 0 Å². The Labute approximate surface area is 179 Å². The number of benzene rings is 1. The highest BCUT2D eigenvalue weighted by Gasteiger charge is 2.52. The Morgan fingerprint density at radius 3 is 2.31 bits per heavy atom. The van der Waals surface area contributed by atoms with E-state index in [1.807, 2.05) is 39.8 Å². The lowest BCUT2D eigenvalue weighted by Gasteiger charge is -2.32. The minimum Gasteiger partial charge on any atom is -0.399 e. The second-order valence-electron chi connectivity index (χ2n) is 9.95. The van der Waals surface area contributed by atoms with Crippen LogP contribution in [0.15, 0.2) is 29.2 Å². The van der Waals surface area contributed by atoms with E-state index in [0.717, 1.165) is 16.9 Å². The maximum atomic E-state index is 13.1. The van der Waals surface area contributed by atoms with Gasteiger partial charge in [-0.1, -0.05) is 37.3 Å². The van der Waals surface area contributed by atoms with Crippen molar-refractivity contribution in [3.05, 3.63) is 39.8 Å². The standard InChI is InChI=1S/C21H31BClNO4Si/c1-20(2)21(3,4)28-22(27-20)16-8-9-17(23)18-15(16)10-11-24(19(18)25)14-26-12-13-29(5,6)7/h8-11H,12-14H2,1-7H3. The highest BCUT2D eigenvalue weighted by atomic mass is 35.5. The van der Waals surface area contributed by atoms with Crippen molar-refractivity contribution in [3.63, 3.8) is 0 Å². The zero-order valence-electron chi connectivity index (χ0n) is 18.5. The lowest BCUT2D eigenvalue weighted by molar-refractivity contribution is 0.00578. The molecule has 158 valence electrons. The summed E-state index contributed by atoms with van der Waals surface area (Å²) in [6.45, 7) is 15.8. The zero-order valence-corrected chi connectivity index (χ0v) is 20.2. The summed E-state index contributed by atoms with van der Waals surface area (Å²) in [5.41, 5.74) is -0.267. The van der Waals surface area contributed by atoms with Crippen LogP contribution in [0.4, 0.5) is 0 Å². The van der Waals surface area contributed by atoms with Gasteiger partial charge in [-0.2, -0.15) is 0 Å². The van der Waals surface area contributed by atoms with E-state index in [1.165, 1.54) is 0 Å². The second-order valence-corrected chi connectivity index (χ2v) is 16.0. The summed E-state index contributed by atoms with van der Waals surface area (Å²) in [4.78, 5) is 13.1. The van der Waals surface area contributed by atoms with Crippen LogP contribution in [-0.2, 0) is 20.8 Å². The molecule has 0 radical (unpaired) electrons. The molecule has 1 saturated heterocycles. The molecule has 1 aromatic carbocycles. The summed E-state index contributed by atoms with van der Waals surface area (Å²) in [6, 6.07) is 6.57. The largest absolute Gasteiger partial charge is 0.495 e. The molecule has 0 bridgehead atoms. The predicted molar refractivity (Wildman–Crippen MR) is 123 cm³/mol. The Morgan fingerprint density at radius 1 is 1.10 bits per heavy atom. The van der Waals surface area contributed by atoms with Gasteiger partial charge in [0.1, 0.15) is 6.73 Å². The summed E-state index contributed by atoms with van der Waals surface area (Å²) in [5, 5.41) is 1.64. The molecule has 5 nitrogen and oxygen atoms in total. The first kappa shape index (κ1) is 22.6. The molecule has 0 N–H and O–H groups in total. The minimum atomic E-state index is -1.17. The van der Waals surface area contributed by atoms with Gasteiger partial charge in [0.25, 0.3) is 5.56 Å². The zero-order chi connectivity index (χ0) is 21.6. The number of fused-ring (bicyclic) bond motifs is 1. The van der Waals surface area contributed by atoms with Gasteiger partial charge in [-0.05, 0) is 56.7 Å². The molecule has 1 aliphatic rings. The molecule has 1 aliphatic heterocycles. The number of rotatable bonds is 6. The normalized spacial score (nSPS) is 18.6. The number of hydrogen-bond donors (Lipinski definition) is 0. The van der Waals surface area contributed by atoms with E-state index in [9.17, 15) is 4.79 Å². The molecule has 1 aromatic heterocycles. The number of hydrogen-bond acceptors (Lipinski definition) is 4. The average molecular weight is 436 g/mol. The van der Waals surface area contributed by atoms with E-state index >= 15 is 0 Å². The van der Waals surface area contributed by atoms with Gasteiger partial charge in [-0.3, -0.25) is 9.36 Å². The first-order valence-electron chi connectivity index (χ1n) is 10.1. The molecule has 0 atom stereocenters. The van der Waals surface area contributed by atoms with Crippen molar-refractivity contribution in [1.29, 1.82) is 0 Å². The van der Waals surface area contributed by atoms with Crippen LogP contribution in [0.5, 0.6) is 0 Å². The van der Waals surface area contributed by atoms with E-state index in [2.05, 4.69) is 19.6 Å². The molecule has 0 spiro atoms. The topological polar surface area (TPSA) is 49.7 Å². The van der Waals surface area contributed by atoms with Crippen molar-refractivity contribution < 1.29 is 14.0 Å². The summed E-state index contributed by atoms with van der Waals surface area (Å²) in [6.07, 6.45) is 1.75. The molecule has 2 heterocycles. The van der Waals surface area contributed by atoms with Crippen molar-refractivity contribution in [2.45, 2.75) is 71.3 Å². The van der Waals surface area contributed by atoms with Gasteiger partial charge < -0.3 is 14.0 Å².